The molecule has 1 amide bonds. The number of carbonyl (C=O) groups excluding carboxylic acids is 1. The molecule has 0 bridgehead atoms. The fraction of sp³-hybridized carbons (Fsp3) is 0.500. The van der Waals surface area contributed by atoms with Crippen molar-refractivity contribution in [2.45, 2.75) is 37.9 Å². The topological polar surface area (TPSA) is 55.1 Å². The van der Waals surface area contributed by atoms with E-state index in [1.54, 1.807) is 0 Å². The van der Waals surface area contributed by atoms with Gasteiger partial charge in [-0.3, -0.25) is 4.79 Å². The van der Waals surface area contributed by atoms with Crippen molar-refractivity contribution in [3.05, 3.63) is 28.2 Å². The van der Waals surface area contributed by atoms with Crippen molar-refractivity contribution in [2.75, 3.05) is 5.32 Å². The average molecular weight is 365 g/mol. The van der Waals surface area contributed by atoms with E-state index in [4.69, 9.17) is 5.73 Å². The van der Waals surface area contributed by atoms with Crippen molar-refractivity contribution in [1.29, 1.82) is 0 Å². The number of anilines is 1. The molecule has 0 heterocycles. The first-order chi connectivity index (χ1) is 9.77. The SMILES string of the molecule is NC(=O)C1CCC(Nc2ccc(C(F)(F)F)cc2Br)CC1. The van der Waals surface area contributed by atoms with E-state index in [1.807, 2.05) is 0 Å². The third-order valence-corrected chi connectivity index (χ3v) is 4.44. The maximum atomic E-state index is 12.6. The summed E-state index contributed by atoms with van der Waals surface area (Å²) in [6, 6.07) is 3.70. The molecular weight excluding hydrogens is 349 g/mol. The quantitative estimate of drug-likeness (QED) is 0.853. The Kier molecular flexibility index (Phi) is 4.81. The Morgan fingerprint density at radius 3 is 2.33 bits per heavy atom. The van der Waals surface area contributed by atoms with Crippen molar-refractivity contribution < 1.29 is 18.0 Å². The molecule has 3 N–H and O–H groups in total. The van der Waals surface area contributed by atoms with Gasteiger partial charge in [-0.05, 0) is 59.8 Å². The third-order valence-electron chi connectivity index (χ3n) is 3.79. The number of alkyl halides is 3. The Balaban J connectivity index is 2.00. The zero-order valence-corrected chi connectivity index (χ0v) is 12.8. The number of hydrogen-bond donors (Lipinski definition) is 2. The van der Waals surface area contributed by atoms with E-state index in [-0.39, 0.29) is 17.9 Å². The van der Waals surface area contributed by atoms with Gasteiger partial charge < -0.3 is 11.1 Å². The smallest absolute Gasteiger partial charge is 0.381 e. The standard InChI is InChI=1S/C14H16BrF3N2O/c15-11-7-9(14(16,17)18)3-6-12(11)20-10-4-1-8(2-5-10)13(19)21/h3,6-8,10,20H,1-2,4-5H2,(H2,19,21). The van der Waals surface area contributed by atoms with Crippen molar-refractivity contribution in [2.24, 2.45) is 11.7 Å². The van der Waals surface area contributed by atoms with Crippen LogP contribution in [0.5, 0.6) is 0 Å². The second kappa shape index (κ2) is 6.25. The van der Waals surface area contributed by atoms with Gasteiger partial charge in [0, 0.05) is 22.1 Å². The summed E-state index contributed by atoms with van der Waals surface area (Å²) in [5, 5.41) is 3.22. The van der Waals surface area contributed by atoms with Crippen molar-refractivity contribution in [3.8, 4) is 0 Å². The first kappa shape index (κ1) is 16.1. The number of hydrogen-bond acceptors (Lipinski definition) is 2. The summed E-state index contributed by atoms with van der Waals surface area (Å²) >= 11 is 3.16. The zero-order chi connectivity index (χ0) is 15.6. The lowest BCUT2D eigenvalue weighted by atomic mass is 9.85. The fourth-order valence-electron chi connectivity index (χ4n) is 2.55. The van der Waals surface area contributed by atoms with Gasteiger partial charge in [0.1, 0.15) is 0 Å². The predicted molar refractivity (Wildman–Crippen MR) is 77.7 cm³/mol. The molecule has 0 aromatic heterocycles. The summed E-state index contributed by atoms with van der Waals surface area (Å²) in [4.78, 5) is 11.1. The van der Waals surface area contributed by atoms with E-state index in [0.29, 0.717) is 23.0 Å². The van der Waals surface area contributed by atoms with Crippen molar-refractivity contribution in [3.63, 3.8) is 0 Å². The predicted octanol–water partition coefficient (Wildman–Crippen LogP) is 3.92. The van der Waals surface area contributed by atoms with E-state index < -0.39 is 11.7 Å². The van der Waals surface area contributed by atoms with Crippen LogP contribution in [-0.4, -0.2) is 11.9 Å². The van der Waals surface area contributed by atoms with Crippen LogP contribution in [0.25, 0.3) is 0 Å². The third kappa shape index (κ3) is 4.12. The molecule has 21 heavy (non-hydrogen) atoms. The van der Waals surface area contributed by atoms with Crippen molar-refractivity contribution in [1.82, 2.24) is 0 Å². The Morgan fingerprint density at radius 2 is 1.86 bits per heavy atom. The molecule has 0 atom stereocenters. The molecule has 0 radical (unpaired) electrons. The highest BCUT2D eigenvalue weighted by Crippen LogP contribution is 2.35. The number of nitrogens with one attached hydrogen (secondary N) is 1. The minimum Gasteiger partial charge on any atom is -0.381 e. The van der Waals surface area contributed by atoms with E-state index in [0.717, 1.165) is 25.0 Å². The molecule has 1 fully saturated rings. The molecule has 2 rings (SSSR count). The minimum absolute atomic E-state index is 0.0842. The lowest BCUT2D eigenvalue weighted by molar-refractivity contribution is -0.137. The highest BCUT2D eigenvalue weighted by Gasteiger charge is 2.31. The summed E-state index contributed by atoms with van der Waals surface area (Å²) in [6.45, 7) is 0. The van der Waals surface area contributed by atoms with E-state index in [9.17, 15) is 18.0 Å². The fourth-order valence-corrected chi connectivity index (χ4v) is 3.04. The number of nitrogens with two attached hydrogens (primary N) is 1. The van der Waals surface area contributed by atoms with E-state index >= 15 is 0 Å². The molecule has 1 aliphatic carbocycles. The van der Waals surface area contributed by atoms with Crippen LogP contribution in [-0.2, 0) is 11.0 Å². The normalized spacial score (nSPS) is 22.9. The molecule has 7 heteroatoms. The van der Waals surface area contributed by atoms with Gasteiger partial charge in [0.15, 0.2) is 0 Å². The summed E-state index contributed by atoms with van der Waals surface area (Å²) in [5.74, 6) is -0.358. The average Bonchev–Trinajstić information content (AvgIpc) is 2.40. The first-order valence-electron chi connectivity index (χ1n) is 6.70. The maximum absolute atomic E-state index is 12.6. The molecule has 0 unspecified atom stereocenters. The molecule has 1 aliphatic rings. The van der Waals surface area contributed by atoms with Gasteiger partial charge in [-0.1, -0.05) is 0 Å². The summed E-state index contributed by atoms with van der Waals surface area (Å²) in [6.07, 6.45) is -1.36. The molecule has 3 nitrogen and oxygen atoms in total. The molecule has 1 saturated carbocycles. The summed E-state index contributed by atoms with van der Waals surface area (Å²) in [5.41, 5.74) is 5.22. The highest BCUT2D eigenvalue weighted by molar-refractivity contribution is 9.10. The number of primary amides is 1. The van der Waals surface area contributed by atoms with Crippen LogP contribution in [0.3, 0.4) is 0 Å². The van der Waals surface area contributed by atoms with Gasteiger partial charge in [-0.25, -0.2) is 0 Å². The maximum Gasteiger partial charge on any atom is 0.416 e. The second-order valence-corrected chi connectivity index (χ2v) is 6.14. The van der Waals surface area contributed by atoms with Crippen LogP contribution in [0.1, 0.15) is 31.2 Å². The lowest BCUT2D eigenvalue weighted by Gasteiger charge is -2.28. The van der Waals surface area contributed by atoms with Crippen LogP contribution in [0.4, 0.5) is 18.9 Å². The van der Waals surface area contributed by atoms with Gasteiger partial charge in [0.2, 0.25) is 5.91 Å². The number of carbonyl (C=O) groups is 1. The summed E-state index contributed by atoms with van der Waals surface area (Å²) < 4.78 is 38.2. The van der Waals surface area contributed by atoms with Gasteiger partial charge in [-0.15, -0.1) is 0 Å². The first-order valence-corrected chi connectivity index (χ1v) is 7.49. The van der Waals surface area contributed by atoms with Crippen molar-refractivity contribution >= 4 is 27.5 Å². The van der Waals surface area contributed by atoms with Gasteiger partial charge >= 0.3 is 6.18 Å². The largest absolute Gasteiger partial charge is 0.416 e. The molecule has 0 saturated heterocycles. The van der Waals surface area contributed by atoms with Crippen LogP contribution in [0, 0.1) is 5.92 Å². The van der Waals surface area contributed by atoms with Gasteiger partial charge in [0.05, 0.1) is 5.56 Å². The van der Waals surface area contributed by atoms with Gasteiger partial charge in [0.25, 0.3) is 0 Å². The molecule has 1 aromatic rings. The molecular formula is C14H16BrF3N2O. The summed E-state index contributed by atoms with van der Waals surface area (Å²) in [7, 11) is 0. The van der Waals surface area contributed by atoms with E-state index in [2.05, 4.69) is 21.2 Å². The second-order valence-electron chi connectivity index (χ2n) is 5.29. The van der Waals surface area contributed by atoms with Crippen LogP contribution in [0.2, 0.25) is 0 Å². The molecule has 0 aliphatic heterocycles. The minimum atomic E-state index is -4.35. The number of benzene rings is 1. The van der Waals surface area contributed by atoms with E-state index in [1.165, 1.54) is 6.07 Å². The molecule has 1 aromatic carbocycles. The Hall–Kier alpha value is -1.24. The van der Waals surface area contributed by atoms with Crippen LogP contribution < -0.4 is 11.1 Å². The highest BCUT2D eigenvalue weighted by atomic mass is 79.9. The Bertz CT molecular complexity index is 525. The molecule has 0 spiro atoms. The zero-order valence-electron chi connectivity index (χ0n) is 11.2. The van der Waals surface area contributed by atoms with Crippen LogP contribution >= 0.6 is 15.9 Å². The van der Waals surface area contributed by atoms with Crippen LogP contribution in [0.15, 0.2) is 22.7 Å². The number of amides is 1. The van der Waals surface area contributed by atoms with Gasteiger partial charge in [-0.2, -0.15) is 13.2 Å². The monoisotopic (exact) mass is 364 g/mol. The number of halogens is 4. The number of rotatable bonds is 3. The Morgan fingerprint density at radius 1 is 1.24 bits per heavy atom. The Labute approximate surface area is 129 Å². The lowest BCUT2D eigenvalue weighted by Crippen LogP contribution is -2.32. The molecule has 116 valence electrons.